The van der Waals surface area contributed by atoms with Gasteiger partial charge in [0.25, 0.3) is 0 Å². The van der Waals surface area contributed by atoms with E-state index in [1.165, 1.54) is 12.1 Å². The molecule has 2 aromatic carbocycles. The highest BCUT2D eigenvalue weighted by Crippen LogP contribution is 2.26. The van der Waals surface area contributed by atoms with Gasteiger partial charge in [-0.2, -0.15) is 0 Å². The fourth-order valence-corrected chi connectivity index (χ4v) is 2.01. The summed E-state index contributed by atoms with van der Waals surface area (Å²) in [4.78, 5) is 0. The summed E-state index contributed by atoms with van der Waals surface area (Å²) in [6.07, 6.45) is 0. The maximum absolute atomic E-state index is 13.7. The quantitative estimate of drug-likeness (QED) is 0.893. The predicted octanol–water partition coefficient (Wildman–Crippen LogP) is 3.91. The smallest absolute Gasteiger partial charge is 0.129 e. The lowest BCUT2D eigenvalue weighted by Crippen LogP contribution is -2.15. The molecule has 1 atom stereocenters. The van der Waals surface area contributed by atoms with E-state index in [0.29, 0.717) is 4.47 Å². The van der Waals surface area contributed by atoms with Crippen LogP contribution < -0.4 is 5.73 Å². The fourth-order valence-electron chi connectivity index (χ4n) is 1.67. The average Bonchev–Trinajstić information content (AvgIpc) is 2.31. The first-order valence-electron chi connectivity index (χ1n) is 5.14. The molecular weight excluding hydrogens is 307 g/mol. The van der Waals surface area contributed by atoms with Crippen molar-refractivity contribution in [3.8, 4) is 0 Å². The van der Waals surface area contributed by atoms with Crippen molar-refractivity contribution in [2.24, 2.45) is 5.73 Å². The zero-order valence-corrected chi connectivity index (χ0v) is 10.7. The van der Waals surface area contributed by atoms with Gasteiger partial charge >= 0.3 is 0 Å². The van der Waals surface area contributed by atoms with E-state index in [4.69, 9.17) is 5.73 Å². The molecule has 0 fully saturated rings. The van der Waals surface area contributed by atoms with Gasteiger partial charge in [0.15, 0.2) is 0 Å². The molecule has 0 aliphatic heterocycles. The Morgan fingerprint density at radius 3 is 2.28 bits per heavy atom. The van der Waals surface area contributed by atoms with Crippen molar-refractivity contribution < 1.29 is 13.2 Å². The molecule has 0 radical (unpaired) electrons. The predicted molar refractivity (Wildman–Crippen MR) is 66.5 cm³/mol. The Kier molecular flexibility index (Phi) is 3.73. The van der Waals surface area contributed by atoms with Gasteiger partial charge in [-0.1, -0.05) is 22.0 Å². The van der Waals surface area contributed by atoms with Gasteiger partial charge in [0.1, 0.15) is 17.5 Å². The molecule has 18 heavy (non-hydrogen) atoms. The molecule has 1 nitrogen and oxygen atoms in total. The van der Waals surface area contributed by atoms with Gasteiger partial charge in [-0.3, -0.25) is 0 Å². The topological polar surface area (TPSA) is 26.0 Å². The molecule has 0 heterocycles. The van der Waals surface area contributed by atoms with Crippen molar-refractivity contribution >= 4 is 15.9 Å². The van der Waals surface area contributed by atoms with E-state index in [-0.39, 0.29) is 11.1 Å². The standard InChI is InChI=1S/C13H9BrF3N/c14-7-1-3-9(12(17)5-7)13(18)10-6-8(15)2-4-11(10)16/h1-6,13H,18H2. The fraction of sp³-hybridized carbons (Fsp3) is 0.0769. The lowest BCUT2D eigenvalue weighted by molar-refractivity contribution is 0.562. The summed E-state index contributed by atoms with van der Waals surface area (Å²) in [5.74, 6) is -1.84. The number of nitrogens with two attached hydrogens (primary N) is 1. The molecule has 0 bridgehead atoms. The minimum absolute atomic E-state index is 0.0729. The van der Waals surface area contributed by atoms with Crippen LogP contribution in [0.25, 0.3) is 0 Å². The van der Waals surface area contributed by atoms with Crippen LogP contribution in [-0.2, 0) is 0 Å². The summed E-state index contributed by atoms with van der Waals surface area (Å²) in [5, 5.41) is 0. The Labute approximate surface area is 111 Å². The van der Waals surface area contributed by atoms with Crippen LogP contribution in [-0.4, -0.2) is 0 Å². The van der Waals surface area contributed by atoms with Crippen molar-refractivity contribution in [3.63, 3.8) is 0 Å². The normalized spacial score (nSPS) is 12.5. The Morgan fingerprint density at radius 2 is 1.61 bits per heavy atom. The molecule has 0 aromatic heterocycles. The van der Waals surface area contributed by atoms with Crippen molar-refractivity contribution in [1.29, 1.82) is 0 Å². The van der Waals surface area contributed by atoms with E-state index >= 15 is 0 Å². The minimum atomic E-state index is -1.05. The summed E-state index contributed by atoms with van der Waals surface area (Å²) >= 11 is 3.11. The van der Waals surface area contributed by atoms with Gasteiger partial charge in [0.2, 0.25) is 0 Å². The van der Waals surface area contributed by atoms with E-state index in [9.17, 15) is 13.2 Å². The largest absolute Gasteiger partial charge is 0.320 e. The molecule has 1 unspecified atom stereocenters. The number of halogens is 4. The Balaban J connectivity index is 2.47. The second kappa shape index (κ2) is 5.12. The monoisotopic (exact) mass is 315 g/mol. The first-order valence-corrected chi connectivity index (χ1v) is 5.94. The molecule has 0 spiro atoms. The third-order valence-corrected chi connectivity index (χ3v) is 3.08. The first kappa shape index (κ1) is 13.1. The molecule has 0 amide bonds. The maximum Gasteiger partial charge on any atom is 0.129 e. The number of hydrogen-bond acceptors (Lipinski definition) is 1. The Morgan fingerprint density at radius 1 is 0.889 bits per heavy atom. The summed E-state index contributed by atoms with van der Waals surface area (Å²) in [7, 11) is 0. The second-order valence-electron chi connectivity index (χ2n) is 3.81. The van der Waals surface area contributed by atoms with Crippen molar-refractivity contribution in [3.05, 3.63) is 69.4 Å². The highest BCUT2D eigenvalue weighted by Gasteiger charge is 2.18. The van der Waals surface area contributed by atoms with Crippen LogP contribution in [0.15, 0.2) is 40.9 Å². The van der Waals surface area contributed by atoms with Crippen molar-refractivity contribution in [1.82, 2.24) is 0 Å². The number of benzene rings is 2. The molecule has 2 N–H and O–H groups in total. The molecule has 0 aliphatic rings. The van der Waals surface area contributed by atoms with E-state index < -0.39 is 23.5 Å². The van der Waals surface area contributed by atoms with Crippen LogP contribution in [0.4, 0.5) is 13.2 Å². The Hall–Kier alpha value is -1.33. The van der Waals surface area contributed by atoms with Gasteiger partial charge in [0, 0.05) is 15.6 Å². The van der Waals surface area contributed by atoms with Crippen LogP contribution in [0, 0.1) is 17.5 Å². The first-order chi connectivity index (χ1) is 8.49. The Bertz CT molecular complexity index is 586. The van der Waals surface area contributed by atoms with Crippen LogP contribution in [0.2, 0.25) is 0 Å². The molecule has 0 saturated carbocycles. The molecule has 2 aromatic rings. The maximum atomic E-state index is 13.7. The van der Waals surface area contributed by atoms with Crippen LogP contribution in [0.3, 0.4) is 0 Å². The highest BCUT2D eigenvalue weighted by atomic mass is 79.9. The average molecular weight is 316 g/mol. The van der Waals surface area contributed by atoms with E-state index in [1.807, 2.05) is 0 Å². The number of rotatable bonds is 2. The summed E-state index contributed by atoms with van der Waals surface area (Å²) in [5.41, 5.74) is 5.82. The lowest BCUT2D eigenvalue weighted by atomic mass is 9.98. The van der Waals surface area contributed by atoms with Gasteiger partial charge in [-0.05, 0) is 30.3 Å². The SMILES string of the molecule is NC(c1ccc(Br)cc1F)c1cc(F)ccc1F. The summed E-state index contributed by atoms with van der Waals surface area (Å²) < 4.78 is 40.8. The zero-order valence-electron chi connectivity index (χ0n) is 9.13. The van der Waals surface area contributed by atoms with Crippen molar-refractivity contribution in [2.75, 3.05) is 0 Å². The summed E-state index contributed by atoms with van der Waals surface area (Å²) in [6.45, 7) is 0. The van der Waals surface area contributed by atoms with Crippen molar-refractivity contribution in [2.45, 2.75) is 6.04 Å². The molecule has 0 aliphatic carbocycles. The highest BCUT2D eigenvalue weighted by molar-refractivity contribution is 9.10. The lowest BCUT2D eigenvalue weighted by Gasteiger charge is -2.14. The van der Waals surface area contributed by atoms with Crippen LogP contribution >= 0.6 is 15.9 Å². The minimum Gasteiger partial charge on any atom is -0.320 e. The van der Waals surface area contributed by atoms with E-state index in [2.05, 4.69) is 15.9 Å². The zero-order chi connectivity index (χ0) is 13.3. The second-order valence-corrected chi connectivity index (χ2v) is 4.73. The van der Waals surface area contributed by atoms with Crippen LogP contribution in [0.5, 0.6) is 0 Å². The molecule has 5 heteroatoms. The third-order valence-electron chi connectivity index (χ3n) is 2.59. The van der Waals surface area contributed by atoms with Gasteiger partial charge in [-0.15, -0.1) is 0 Å². The third kappa shape index (κ3) is 2.57. The molecular formula is C13H9BrF3N. The summed E-state index contributed by atoms with van der Waals surface area (Å²) in [6, 6.07) is 6.15. The van der Waals surface area contributed by atoms with Gasteiger partial charge in [-0.25, -0.2) is 13.2 Å². The van der Waals surface area contributed by atoms with E-state index in [1.54, 1.807) is 6.07 Å². The van der Waals surface area contributed by atoms with E-state index in [0.717, 1.165) is 18.2 Å². The van der Waals surface area contributed by atoms with Gasteiger partial charge in [0.05, 0.1) is 6.04 Å². The van der Waals surface area contributed by atoms with Crippen LogP contribution in [0.1, 0.15) is 17.2 Å². The van der Waals surface area contributed by atoms with Gasteiger partial charge < -0.3 is 5.73 Å². The molecule has 0 saturated heterocycles. The molecule has 2 rings (SSSR count). The molecule has 94 valence electrons. The number of hydrogen-bond donors (Lipinski definition) is 1.